The summed E-state index contributed by atoms with van der Waals surface area (Å²) in [6.07, 6.45) is 1.41. The highest BCUT2D eigenvalue weighted by atomic mass is 31.2. The Morgan fingerprint density at radius 3 is 2.63 bits per heavy atom. The van der Waals surface area contributed by atoms with Crippen molar-refractivity contribution in [2.24, 2.45) is 0 Å². The SMILES string of the molecule is O=C([O-])[C@H](Cc1c[nH]c2ccccc12)N[P+]([O-])([O-])[O-]. The summed E-state index contributed by atoms with van der Waals surface area (Å²) >= 11 is 0. The maximum Gasteiger partial charge on any atom is 0.0839 e. The number of carboxylic acids is 1. The zero-order chi connectivity index (χ0) is 14.0. The third-order valence-electron chi connectivity index (χ3n) is 2.70. The molecule has 0 bridgehead atoms. The first-order valence-corrected chi connectivity index (χ1v) is 6.97. The van der Waals surface area contributed by atoms with Crippen LogP contribution in [-0.4, -0.2) is 17.0 Å². The number of aromatic nitrogens is 1. The molecule has 0 radical (unpaired) electrons. The predicted octanol–water partition coefficient (Wildman–Crippen LogP) is -2.82. The fourth-order valence-corrected chi connectivity index (χ4v) is 2.47. The minimum atomic E-state index is -5.14. The van der Waals surface area contributed by atoms with Crippen molar-refractivity contribution in [3.05, 3.63) is 36.0 Å². The maximum atomic E-state index is 10.9. The molecule has 0 unspecified atom stereocenters. The number of carboxylic acid groups (broad SMARTS) is 1. The fourth-order valence-electron chi connectivity index (χ4n) is 1.89. The first-order chi connectivity index (χ1) is 8.87. The number of hydrogen-bond acceptors (Lipinski definition) is 6. The molecular formula is C11H10N2O5P-3. The van der Waals surface area contributed by atoms with Gasteiger partial charge in [-0.25, -0.2) is 0 Å². The lowest BCUT2D eigenvalue weighted by Gasteiger charge is -2.44. The normalized spacial score (nSPS) is 13.6. The quantitative estimate of drug-likeness (QED) is 0.567. The molecule has 0 spiro atoms. The molecule has 2 aromatic rings. The molecule has 0 aliphatic carbocycles. The second-order valence-corrected chi connectivity index (χ2v) is 5.31. The molecule has 19 heavy (non-hydrogen) atoms. The van der Waals surface area contributed by atoms with E-state index in [1.165, 1.54) is 5.09 Å². The summed E-state index contributed by atoms with van der Waals surface area (Å²) in [6.45, 7) is 0. The topological polar surface area (TPSA) is 137 Å². The van der Waals surface area contributed by atoms with Crippen molar-refractivity contribution in [3.8, 4) is 0 Å². The van der Waals surface area contributed by atoms with E-state index in [2.05, 4.69) is 4.98 Å². The number of carbonyl (C=O) groups excluding carboxylic acids is 1. The molecule has 8 heteroatoms. The van der Waals surface area contributed by atoms with Gasteiger partial charge in [0.25, 0.3) is 0 Å². The standard InChI is InChI=1S/C11H13N2O5P/c14-11(15)10(13-19(16,17)18)5-7-6-12-9-4-2-1-3-8(7)9/h1-4,6,10,12H,5H2,(H,14,15)(H3,13,16,17,18)/p-3/t10-/m0/s1. The van der Waals surface area contributed by atoms with Gasteiger partial charge in [-0.2, -0.15) is 5.09 Å². The number of H-pyrrole nitrogens is 1. The van der Waals surface area contributed by atoms with Gasteiger partial charge in [0.2, 0.25) is 0 Å². The van der Waals surface area contributed by atoms with Gasteiger partial charge in [0, 0.05) is 17.1 Å². The number of benzene rings is 1. The highest BCUT2D eigenvalue weighted by molar-refractivity contribution is 7.52. The molecule has 7 nitrogen and oxygen atoms in total. The van der Waals surface area contributed by atoms with E-state index in [1.807, 2.05) is 0 Å². The van der Waals surface area contributed by atoms with E-state index >= 15 is 0 Å². The van der Waals surface area contributed by atoms with E-state index < -0.39 is 20.1 Å². The van der Waals surface area contributed by atoms with Crippen molar-refractivity contribution in [1.29, 1.82) is 0 Å². The molecule has 2 rings (SSSR count). The largest absolute Gasteiger partial charge is 0.673 e. The lowest BCUT2D eigenvalue weighted by Crippen LogP contribution is -2.54. The van der Waals surface area contributed by atoms with Crippen LogP contribution in [0.3, 0.4) is 0 Å². The van der Waals surface area contributed by atoms with E-state index in [0.29, 0.717) is 5.56 Å². The van der Waals surface area contributed by atoms with Crippen molar-refractivity contribution < 1.29 is 24.6 Å². The molecule has 1 aromatic carbocycles. The first kappa shape index (κ1) is 13.9. The Hall–Kier alpha value is -1.50. The number of fused-ring (bicyclic) bond motifs is 1. The van der Waals surface area contributed by atoms with Gasteiger partial charge >= 0.3 is 0 Å². The number of aromatic amines is 1. The van der Waals surface area contributed by atoms with Crippen LogP contribution in [-0.2, 0) is 11.2 Å². The average molecular weight is 281 g/mol. The van der Waals surface area contributed by atoms with Crippen LogP contribution in [0.2, 0.25) is 0 Å². The highest BCUT2D eigenvalue weighted by Gasteiger charge is 2.16. The highest BCUT2D eigenvalue weighted by Crippen LogP contribution is 2.24. The van der Waals surface area contributed by atoms with Crippen molar-refractivity contribution >= 4 is 25.0 Å². The van der Waals surface area contributed by atoms with Crippen LogP contribution < -0.4 is 24.9 Å². The monoisotopic (exact) mass is 281 g/mol. The minimum Gasteiger partial charge on any atom is -0.673 e. The molecule has 0 aliphatic rings. The number of hydrogen-bond donors (Lipinski definition) is 2. The smallest absolute Gasteiger partial charge is 0.0839 e. The lowest BCUT2D eigenvalue weighted by atomic mass is 10.1. The predicted molar refractivity (Wildman–Crippen MR) is 60.9 cm³/mol. The zero-order valence-electron chi connectivity index (χ0n) is 9.66. The molecule has 0 amide bonds. The number of carbonyl (C=O) groups is 1. The average Bonchev–Trinajstić information content (AvgIpc) is 2.70. The molecule has 102 valence electrons. The van der Waals surface area contributed by atoms with E-state index in [1.54, 1.807) is 30.5 Å². The number of nitrogens with one attached hydrogen (secondary N) is 2. The van der Waals surface area contributed by atoms with Crippen LogP contribution >= 0.6 is 8.09 Å². The Morgan fingerprint density at radius 2 is 2.00 bits per heavy atom. The van der Waals surface area contributed by atoms with Crippen molar-refractivity contribution in [2.45, 2.75) is 12.5 Å². The van der Waals surface area contributed by atoms with E-state index in [0.717, 1.165) is 10.9 Å². The number of rotatable bonds is 5. The molecule has 0 saturated carbocycles. The third-order valence-corrected chi connectivity index (χ3v) is 3.33. The van der Waals surface area contributed by atoms with Crippen LogP contribution in [0.25, 0.3) is 10.9 Å². The van der Waals surface area contributed by atoms with E-state index in [-0.39, 0.29) is 6.42 Å². The Morgan fingerprint density at radius 1 is 1.32 bits per heavy atom. The maximum absolute atomic E-state index is 10.9. The second-order valence-electron chi connectivity index (χ2n) is 4.06. The van der Waals surface area contributed by atoms with Crippen LogP contribution in [0.4, 0.5) is 0 Å². The van der Waals surface area contributed by atoms with Crippen LogP contribution in [0, 0.1) is 0 Å². The molecule has 0 fully saturated rings. The second kappa shape index (κ2) is 5.24. The minimum absolute atomic E-state index is 0.166. The Balaban J connectivity index is 2.24. The fraction of sp³-hybridized carbons (Fsp3) is 0.182. The van der Waals surface area contributed by atoms with Crippen molar-refractivity contribution in [3.63, 3.8) is 0 Å². The van der Waals surface area contributed by atoms with Crippen LogP contribution in [0.15, 0.2) is 30.5 Å². The molecule has 0 aliphatic heterocycles. The Kier molecular flexibility index (Phi) is 3.84. The van der Waals surface area contributed by atoms with Gasteiger partial charge in [0.1, 0.15) is 0 Å². The molecule has 2 N–H and O–H groups in total. The van der Waals surface area contributed by atoms with E-state index in [4.69, 9.17) is 0 Å². The zero-order valence-corrected chi connectivity index (χ0v) is 10.6. The van der Waals surface area contributed by atoms with Gasteiger partial charge in [0.05, 0.1) is 12.0 Å². The Bertz CT molecular complexity index is 592. The summed E-state index contributed by atoms with van der Waals surface area (Å²) in [5.41, 5.74) is 1.38. The molecule has 1 aromatic heterocycles. The van der Waals surface area contributed by atoms with Crippen LogP contribution in [0.1, 0.15) is 5.56 Å². The van der Waals surface area contributed by atoms with Gasteiger partial charge in [-0.05, 0) is 18.1 Å². The summed E-state index contributed by atoms with van der Waals surface area (Å²) < 4.78 is 0. The van der Waals surface area contributed by atoms with Gasteiger partial charge in [-0.15, -0.1) is 0 Å². The van der Waals surface area contributed by atoms with Crippen molar-refractivity contribution in [1.82, 2.24) is 10.1 Å². The summed E-state index contributed by atoms with van der Waals surface area (Å²) in [7, 11) is -5.14. The van der Waals surface area contributed by atoms with Gasteiger partial charge < -0.3 is 29.6 Å². The van der Waals surface area contributed by atoms with Crippen molar-refractivity contribution in [2.75, 3.05) is 0 Å². The number of aliphatic carboxylic acids is 1. The molecule has 1 heterocycles. The van der Waals surface area contributed by atoms with Crippen LogP contribution in [0.5, 0.6) is 0 Å². The van der Waals surface area contributed by atoms with E-state index in [9.17, 15) is 24.6 Å². The molecular weight excluding hydrogens is 271 g/mol. The van der Waals surface area contributed by atoms with Gasteiger partial charge in [-0.1, -0.05) is 26.3 Å². The molecule has 1 atom stereocenters. The third kappa shape index (κ3) is 3.50. The lowest BCUT2D eigenvalue weighted by molar-refractivity contribution is -0.433. The van der Waals surface area contributed by atoms with Gasteiger partial charge in [0.15, 0.2) is 0 Å². The summed E-state index contributed by atoms with van der Waals surface area (Å²) in [5, 5.41) is 13.1. The van der Waals surface area contributed by atoms with Gasteiger partial charge in [-0.3, -0.25) is 0 Å². The summed E-state index contributed by atoms with van der Waals surface area (Å²) in [5.74, 6) is -1.64. The Labute approximate surface area is 109 Å². The summed E-state index contributed by atoms with van der Waals surface area (Å²) in [6, 6.07) is 5.56. The molecule has 0 saturated heterocycles. The first-order valence-electron chi connectivity index (χ1n) is 5.42. The summed E-state index contributed by atoms with van der Waals surface area (Å²) in [4.78, 5) is 45.6. The number of para-hydroxylation sites is 1.